The van der Waals surface area contributed by atoms with Gasteiger partial charge in [-0.15, -0.1) is 0 Å². The Kier molecular flexibility index (Phi) is 6.50. The Hall–Kier alpha value is -0.410. The van der Waals surface area contributed by atoms with E-state index in [0.717, 1.165) is 25.9 Å². The molecule has 2 aliphatic rings. The number of rotatable bonds is 5. The van der Waals surface area contributed by atoms with E-state index < -0.39 is 0 Å². The molecule has 116 valence electrons. The van der Waals surface area contributed by atoms with Gasteiger partial charge in [0.05, 0.1) is 5.83 Å². The second-order valence-corrected chi connectivity index (χ2v) is 6.71. The maximum Gasteiger partial charge on any atom is 0.0960 e. The number of nitrogens with zero attached hydrogens (tertiary/aromatic N) is 1. The zero-order valence-electron chi connectivity index (χ0n) is 13.2. The highest BCUT2D eigenvalue weighted by molar-refractivity contribution is 4.98. The van der Waals surface area contributed by atoms with Gasteiger partial charge in [0.1, 0.15) is 0 Å². The van der Waals surface area contributed by atoms with Gasteiger partial charge in [0.2, 0.25) is 0 Å². The molecule has 0 aromatic rings. The summed E-state index contributed by atoms with van der Waals surface area (Å²) in [6, 6.07) is 0.495. The lowest BCUT2D eigenvalue weighted by Gasteiger charge is -2.31. The average molecular weight is 282 g/mol. The Morgan fingerprint density at radius 2 is 2.10 bits per heavy atom. The molecule has 3 unspecified atom stereocenters. The fraction of sp³-hybridized carbons (Fsp3) is 0.882. The number of hydrogen-bond acceptors (Lipinski definition) is 2. The third-order valence-electron chi connectivity index (χ3n) is 5.14. The van der Waals surface area contributed by atoms with E-state index in [1.54, 1.807) is 6.08 Å². The zero-order chi connectivity index (χ0) is 14.4. The maximum absolute atomic E-state index is 13.4. The van der Waals surface area contributed by atoms with E-state index in [2.05, 4.69) is 24.1 Å². The van der Waals surface area contributed by atoms with Crippen molar-refractivity contribution in [2.75, 3.05) is 26.2 Å². The minimum atomic E-state index is 0.0971. The molecule has 2 nitrogen and oxygen atoms in total. The first kappa shape index (κ1) is 16.0. The Balaban J connectivity index is 1.69. The quantitative estimate of drug-likeness (QED) is 0.826. The molecule has 0 amide bonds. The van der Waals surface area contributed by atoms with Crippen molar-refractivity contribution in [1.29, 1.82) is 0 Å². The largest absolute Gasteiger partial charge is 0.313 e. The first-order valence-electron chi connectivity index (χ1n) is 8.47. The molecule has 1 aliphatic heterocycles. The molecule has 3 heteroatoms. The Morgan fingerprint density at radius 1 is 1.35 bits per heavy atom. The van der Waals surface area contributed by atoms with Crippen molar-refractivity contribution in [3.05, 3.63) is 11.9 Å². The molecule has 20 heavy (non-hydrogen) atoms. The van der Waals surface area contributed by atoms with E-state index >= 15 is 0 Å². The molecule has 0 aromatic heterocycles. The minimum absolute atomic E-state index is 0.0971. The van der Waals surface area contributed by atoms with Crippen LogP contribution in [0.4, 0.5) is 4.39 Å². The van der Waals surface area contributed by atoms with Crippen molar-refractivity contribution in [1.82, 2.24) is 10.2 Å². The summed E-state index contributed by atoms with van der Waals surface area (Å²) in [5.74, 6) is 1.28. The lowest BCUT2D eigenvalue weighted by molar-refractivity contribution is 0.212. The SMILES string of the molecule is CC1CC=C(F)CCC1C(C)NCCN1CCCCC1. The van der Waals surface area contributed by atoms with Crippen LogP contribution in [0.3, 0.4) is 0 Å². The third kappa shape index (κ3) is 4.85. The summed E-state index contributed by atoms with van der Waals surface area (Å²) in [6.07, 6.45) is 8.44. The zero-order valence-corrected chi connectivity index (χ0v) is 13.2. The highest BCUT2D eigenvalue weighted by atomic mass is 19.1. The number of nitrogens with one attached hydrogen (secondary N) is 1. The normalized spacial score (nSPS) is 30.6. The van der Waals surface area contributed by atoms with Crippen LogP contribution in [0.25, 0.3) is 0 Å². The molecule has 1 saturated heterocycles. The van der Waals surface area contributed by atoms with Crippen LogP contribution in [0.5, 0.6) is 0 Å². The van der Waals surface area contributed by atoms with E-state index in [1.165, 1.54) is 32.4 Å². The highest BCUT2D eigenvalue weighted by Crippen LogP contribution is 2.30. The van der Waals surface area contributed by atoms with Crippen LogP contribution in [-0.2, 0) is 0 Å². The van der Waals surface area contributed by atoms with Gasteiger partial charge in [0.25, 0.3) is 0 Å². The van der Waals surface area contributed by atoms with E-state index in [0.29, 0.717) is 24.3 Å². The number of piperidine rings is 1. The van der Waals surface area contributed by atoms with Gasteiger partial charge < -0.3 is 10.2 Å². The molecule has 0 bridgehead atoms. The molecule has 0 radical (unpaired) electrons. The van der Waals surface area contributed by atoms with E-state index in [4.69, 9.17) is 0 Å². The number of hydrogen-bond donors (Lipinski definition) is 1. The van der Waals surface area contributed by atoms with Gasteiger partial charge in [-0.1, -0.05) is 19.4 Å². The summed E-state index contributed by atoms with van der Waals surface area (Å²) >= 11 is 0. The van der Waals surface area contributed by atoms with Gasteiger partial charge >= 0.3 is 0 Å². The van der Waals surface area contributed by atoms with E-state index in [1.807, 2.05) is 0 Å². The fourth-order valence-electron chi connectivity index (χ4n) is 3.71. The summed E-state index contributed by atoms with van der Waals surface area (Å²) in [4.78, 5) is 2.57. The van der Waals surface area contributed by atoms with Gasteiger partial charge in [-0.05, 0) is 64.0 Å². The Labute approximate surface area is 123 Å². The fourth-order valence-corrected chi connectivity index (χ4v) is 3.71. The van der Waals surface area contributed by atoms with Crippen LogP contribution in [0, 0.1) is 11.8 Å². The van der Waals surface area contributed by atoms with Crippen LogP contribution in [0.1, 0.15) is 52.4 Å². The van der Waals surface area contributed by atoms with Crippen molar-refractivity contribution in [2.45, 2.75) is 58.4 Å². The van der Waals surface area contributed by atoms with Crippen LogP contribution in [-0.4, -0.2) is 37.1 Å². The van der Waals surface area contributed by atoms with Gasteiger partial charge in [-0.25, -0.2) is 4.39 Å². The molecule has 2 rings (SSSR count). The lowest BCUT2D eigenvalue weighted by atomic mass is 9.84. The van der Waals surface area contributed by atoms with Crippen LogP contribution >= 0.6 is 0 Å². The second kappa shape index (κ2) is 8.14. The van der Waals surface area contributed by atoms with E-state index in [-0.39, 0.29) is 5.83 Å². The number of likely N-dealkylation sites (tertiary alicyclic amines) is 1. The van der Waals surface area contributed by atoms with Crippen molar-refractivity contribution in [3.8, 4) is 0 Å². The molecule has 1 N–H and O–H groups in total. The lowest BCUT2D eigenvalue weighted by Crippen LogP contribution is -2.42. The van der Waals surface area contributed by atoms with Crippen LogP contribution in [0.2, 0.25) is 0 Å². The van der Waals surface area contributed by atoms with Gasteiger partial charge in [-0.3, -0.25) is 0 Å². The molecule has 1 aliphatic carbocycles. The first-order valence-corrected chi connectivity index (χ1v) is 8.47. The number of allylic oxidation sites excluding steroid dienone is 2. The predicted octanol–water partition coefficient (Wildman–Crippen LogP) is 3.74. The van der Waals surface area contributed by atoms with Crippen LogP contribution in [0.15, 0.2) is 11.9 Å². The summed E-state index contributed by atoms with van der Waals surface area (Å²) in [6.45, 7) is 9.32. The first-order chi connectivity index (χ1) is 9.66. The second-order valence-electron chi connectivity index (χ2n) is 6.71. The topological polar surface area (TPSA) is 15.3 Å². The Morgan fingerprint density at radius 3 is 2.85 bits per heavy atom. The third-order valence-corrected chi connectivity index (χ3v) is 5.14. The maximum atomic E-state index is 13.4. The Bertz CT molecular complexity index is 310. The predicted molar refractivity (Wildman–Crippen MR) is 83.5 cm³/mol. The van der Waals surface area contributed by atoms with E-state index in [9.17, 15) is 4.39 Å². The molecule has 0 saturated carbocycles. The smallest absolute Gasteiger partial charge is 0.0960 e. The van der Waals surface area contributed by atoms with Gasteiger partial charge in [-0.2, -0.15) is 0 Å². The molecular weight excluding hydrogens is 251 g/mol. The molecule has 1 fully saturated rings. The molecular formula is C17H31FN2. The molecule has 0 spiro atoms. The highest BCUT2D eigenvalue weighted by Gasteiger charge is 2.25. The average Bonchev–Trinajstić information content (AvgIpc) is 2.62. The van der Waals surface area contributed by atoms with Crippen molar-refractivity contribution in [3.63, 3.8) is 0 Å². The molecule has 0 aromatic carbocycles. The van der Waals surface area contributed by atoms with Crippen molar-refractivity contribution < 1.29 is 4.39 Å². The molecule has 1 heterocycles. The summed E-state index contributed by atoms with van der Waals surface area (Å²) < 4.78 is 13.4. The van der Waals surface area contributed by atoms with Gasteiger partial charge in [0.15, 0.2) is 0 Å². The van der Waals surface area contributed by atoms with Gasteiger partial charge in [0, 0.05) is 19.1 Å². The van der Waals surface area contributed by atoms with Crippen molar-refractivity contribution >= 4 is 0 Å². The minimum Gasteiger partial charge on any atom is -0.313 e. The molecule has 3 atom stereocenters. The summed E-state index contributed by atoms with van der Waals surface area (Å²) in [5.41, 5.74) is 0. The monoisotopic (exact) mass is 282 g/mol. The standard InChI is InChI=1S/C17H31FN2/c1-14-6-7-16(18)8-9-17(14)15(2)19-10-13-20-11-4-3-5-12-20/h7,14-15,17,19H,3-6,8-13H2,1-2H3. The number of halogens is 1. The summed E-state index contributed by atoms with van der Waals surface area (Å²) in [5, 5.41) is 3.69. The summed E-state index contributed by atoms with van der Waals surface area (Å²) in [7, 11) is 0. The van der Waals surface area contributed by atoms with Crippen molar-refractivity contribution in [2.24, 2.45) is 11.8 Å². The van der Waals surface area contributed by atoms with Crippen LogP contribution < -0.4 is 5.32 Å².